The molecule has 110 valence electrons. The average Bonchev–Trinajstić information content (AvgIpc) is 2.48. The lowest BCUT2D eigenvalue weighted by Crippen LogP contribution is -2.34. The molecule has 1 amide bonds. The molecule has 1 aromatic rings. The van der Waals surface area contributed by atoms with Crippen LogP contribution in [-0.4, -0.2) is 11.9 Å². The summed E-state index contributed by atoms with van der Waals surface area (Å²) in [5, 5.41) is 3.11. The van der Waals surface area contributed by atoms with Crippen LogP contribution in [0.1, 0.15) is 62.2 Å². The van der Waals surface area contributed by atoms with Crippen LogP contribution in [0.3, 0.4) is 0 Å². The standard InChI is InChI=1S/C18H27NO/c1-3-5-6-7-11-15-17(12-4-2)19-18(20)16-13-9-8-10-14-16/h4,8-10,13-14,17H,2-3,5-7,11-12,15H2,1H3,(H,19,20)/t17-/m1/s1. The first-order valence-electron chi connectivity index (χ1n) is 7.74. The Kier molecular flexibility index (Phi) is 8.44. The van der Waals surface area contributed by atoms with Crippen LogP contribution in [0.5, 0.6) is 0 Å². The van der Waals surface area contributed by atoms with Gasteiger partial charge in [0.1, 0.15) is 0 Å². The quantitative estimate of drug-likeness (QED) is 0.485. The van der Waals surface area contributed by atoms with Crippen LogP contribution in [0.15, 0.2) is 43.0 Å². The third-order valence-corrected chi connectivity index (χ3v) is 3.48. The van der Waals surface area contributed by atoms with E-state index >= 15 is 0 Å². The van der Waals surface area contributed by atoms with Crippen LogP contribution < -0.4 is 5.32 Å². The van der Waals surface area contributed by atoms with Crippen molar-refractivity contribution in [3.05, 3.63) is 48.6 Å². The van der Waals surface area contributed by atoms with Gasteiger partial charge in [0, 0.05) is 11.6 Å². The molecule has 0 aliphatic carbocycles. The number of hydrogen-bond acceptors (Lipinski definition) is 1. The van der Waals surface area contributed by atoms with E-state index in [1.807, 2.05) is 36.4 Å². The van der Waals surface area contributed by atoms with E-state index in [1.165, 1.54) is 32.1 Å². The molecule has 0 aromatic heterocycles. The number of nitrogens with one attached hydrogen (secondary N) is 1. The number of benzene rings is 1. The smallest absolute Gasteiger partial charge is 0.251 e. The zero-order chi connectivity index (χ0) is 14.6. The highest BCUT2D eigenvalue weighted by Crippen LogP contribution is 2.10. The fraction of sp³-hybridized carbons (Fsp3) is 0.500. The number of amides is 1. The van der Waals surface area contributed by atoms with E-state index in [9.17, 15) is 4.79 Å². The van der Waals surface area contributed by atoms with Crippen LogP contribution in [0.4, 0.5) is 0 Å². The fourth-order valence-corrected chi connectivity index (χ4v) is 2.30. The second kappa shape index (κ2) is 10.2. The van der Waals surface area contributed by atoms with Crippen molar-refractivity contribution in [1.29, 1.82) is 0 Å². The summed E-state index contributed by atoms with van der Waals surface area (Å²) in [6.07, 6.45) is 10.1. The fourth-order valence-electron chi connectivity index (χ4n) is 2.30. The van der Waals surface area contributed by atoms with Crippen LogP contribution >= 0.6 is 0 Å². The van der Waals surface area contributed by atoms with Gasteiger partial charge in [-0.25, -0.2) is 0 Å². The highest BCUT2D eigenvalue weighted by Gasteiger charge is 2.11. The lowest BCUT2D eigenvalue weighted by atomic mass is 10.0. The lowest BCUT2D eigenvalue weighted by Gasteiger charge is -2.17. The molecule has 20 heavy (non-hydrogen) atoms. The summed E-state index contributed by atoms with van der Waals surface area (Å²) in [4.78, 5) is 12.1. The Morgan fingerprint density at radius 1 is 1.20 bits per heavy atom. The van der Waals surface area contributed by atoms with Crippen molar-refractivity contribution in [2.45, 2.75) is 57.9 Å². The summed E-state index contributed by atoms with van der Waals surface area (Å²) in [5.74, 6) is 0.0195. The third kappa shape index (κ3) is 6.55. The number of unbranched alkanes of at least 4 members (excludes halogenated alkanes) is 4. The monoisotopic (exact) mass is 273 g/mol. The maximum Gasteiger partial charge on any atom is 0.251 e. The summed E-state index contributed by atoms with van der Waals surface area (Å²) in [7, 11) is 0. The van der Waals surface area contributed by atoms with E-state index in [-0.39, 0.29) is 11.9 Å². The van der Waals surface area contributed by atoms with E-state index in [4.69, 9.17) is 0 Å². The second-order valence-corrected chi connectivity index (χ2v) is 5.26. The van der Waals surface area contributed by atoms with Gasteiger partial charge in [-0.2, -0.15) is 0 Å². The Morgan fingerprint density at radius 3 is 2.55 bits per heavy atom. The molecule has 0 aliphatic heterocycles. The molecule has 1 rings (SSSR count). The SMILES string of the molecule is C=CC[C@H](CCCCCCC)NC(=O)c1ccccc1. The first-order valence-corrected chi connectivity index (χ1v) is 7.74. The molecule has 0 aliphatic rings. The van der Waals surface area contributed by atoms with E-state index < -0.39 is 0 Å². The zero-order valence-corrected chi connectivity index (χ0v) is 12.6. The van der Waals surface area contributed by atoms with Crippen molar-refractivity contribution < 1.29 is 4.79 Å². The van der Waals surface area contributed by atoms with E-state index in [0.29, 0.717) is 0 Å². The van der Waals surface area contributed by atoms with Crippen LogP contribution in [0.2, 0.25) is 0 Å². The highest BCUT2D eigenvalue weighted by molar-refractivity contribution is 5.94. The van der Waals surface area contributed by atoms with E-state index in [2.05, 4.69) is 18.8 Å². The van der Waals surface area contributed by atoms with Gasteiger partial charge in [0.15, 0.2) is 0 Å². The first kappa shape index (κ1) is 16.5. The van der Waals surface area contributed by atoms with Gasteiger partial charge < -0.3 is 5.32 Å². The summed E-state index contributed by atoms with van der Waals surface area (Å²) >= 11 is 0. The normalized spacial score (nSPS) is 11.8. The number of carbonyl (C=O) groups is 1. The van der Waals surface area contributed by atoms with Gasteiger partial charge in [-0.1, -0.05) is 63.3 Å². The van der Waals surface area contributed by atoms with Crippen molar-refractivity contribution in [3.63, 3.8) is 0 Å². The molecular weight excluding hydrogens is 246 g/mol. The molecule has 0 saturated carbocycles. The molecule has 2 nitrogen and oxygen atoms in total. The van der Waals surface area contributed by atoms with Gasteiger partial charge in [0.05, 0.1) is 0 Å². The summed E-state index contributed by atoms with van der Waals surface area (Å²) in [6.45, 7) is 6.01. The van der Waals surface area contributed by atoms with E-state index in [0.717, 1.165) is 18.4 Å². The maximum atomic E-state index is 12.1. The molecule has 0 unspecified atom stereocenters. The van der Waals surface area contributed by atoms with Crippen molar-refractivity contribution in [2.75, 3.05) is 0 Å². The Morgan fingerprint density at radius 2 is 1.90 bits per heavy atom. The highest BCUT2D eigenvalue weighted by atomic mass is 16.1. The van der Waals surface area contributed by atoms with Gasteiger partial charge in [-0.05, 0) is 25.0 Å². The molecule has 0 spiro atoms. The molecular formula is C18H27NO. The lowest BCUT2D eigenvalue weighted by molar-refractivity contribution is 0.0934. The van der Waals surface area contributed by atoms with Gasteiger partial charge in [-0.3, -0.25) is 4.79 Å². The zero-order valence-electron chi connectivity index (χ0n) is 12.6. The van der Waals surface area contributed by atoms with Crippen molar-refractivity contribution in [3.8, 4) is 0 Å². The van der Waals surface area contributed by atoms with Crippen LogP contribution in [-0.2, 0) is 0 Å². The minimum Gasteiger partial charge on any atom is -0.349 e. The van der Waals surface area contributed by atoms with Gasteiger partial charge in [-0.15, -0.1) is 6.58 Å². The second-order valence-electron chi connectivity index (χ2n) is 5.26. The third-order valence-electron chi connectivity index (χ3n) is 3.48. The molecule has 0 fully saturated rings. The maximum absolute atomic E-state index is 12.1. The van der Waals surface area contributed by atoms with Gasteiger partial charge in [0.2, 0.25) is 0 Å². The van der Waals surface area contributed by atoms with Crippen LogP contribution in [0, 0.1) is 0 Å². The van der Waals surface area contributed by atoms with Crippen molar-refractivity contribution in [2.24, 2.45) is 0 Å². The number of carbonyl (C=O) groups excluding carboxylic acids is 1. The molecule has 0 saturated heterocycles. The molecule has 0 heterocycles. The van der Waals surface area contributed by atoms with Crippen molar-refractivity contribution >= 4 is 5.91 Å². The Hall–Kier alpha value is -1.57. The molecule has 0 radical (unpaired) electrons. The molecule has 0 bridgehead atoms. The average molecular weight is 273 g/mol. The summed E-state index contributed by atoms with van der Waals surface area (Å²) in [6, 6.07) is 9.61. The Bertz CT molecular complexity index is 386. The minimum atomic E-state index is 0.0195. The molecule has 2 heteroatoms. The Balaban J connectivity index is 2.38. The van der Waals surface area contributed by atoms with Gasteiger partial charge in [0.25, 0.3) is 5.91 Å². The number of hydrogen-bond donors (Lipinski definition) is 1. The van der Waals surface area contributed by atoms with E-state index in [1.54, 1.807) is 0 Å². The molecule has 1 aromatic carbocycles. The predicted octanol–water partition coefficient (Wildman–Crippen LogP) is 4.72. The van der Waals surface area contributed by atoms with Crippen molar-refractivity contribution in [1.82, 2.24) is 5.32 Å². The largest absolute Gasteiger partial charge is 0.349 e. The summed E-state index contributed by atoms with van der Waals surface area (Å²) in [5.41, 5.74) is 0.729. The minimum absolute atomic E-state index is 0.0195. The Labute approximate surface area is 123 Å². The molecule has 1 atom stereocenters. The predicted molar refractivity (Wildman–Crippen MR) is 85.9 cm³/mol. The molecule has 1 N–H and O–H groups in total. The summed E-state index contributed by atoms with van der Waals surface area (Å²) < 4.78 is 0. The topological polar surface area (TPSA) is 29.1 Å². The first-order chi connectivity index (χ1) is 9.77. The number of rotatable bonds is 10. The van der Waals surface area contributed by atoms with Gasteiger partial charge >= 0.3 is 0 Å². The van der Waals surface area contributed by atoms with Crippen LogP contribution in [0.25, 0.3) is 0 Å².